The third-order valence-corrected chi connectivity index (χ3v) is 2.84. The first kappa shape index (κ1) is 11.1. The van der Waals surface area contributed by atoms with Gasteiger partial charge in [-0.2, -0.15) is 11.8 Å². The van der Waals surface area contributed by atoms with Crippen LogP contribution >= 0.6 is 23.1 Å². The zero-order valence-corrected chi connectivity index (χ0v) is 9.21. The first-order chi connectivity index (χ1) is 6.65. The Labute approximate surface area is 89.9 Å². The van der Waals surface area contributed by atoms with Crippen molar-refractivity contribution in [3.63, 3.8) is 0 Å². The number of carbonyl (C=O) groups is 2. The average molecular weight is 230 g/mol. The highest BCUT2D eigenvalue weighted by Crippen LogP contribution is 2.22. The van der Waals surface area contributed by atoms with Crippen molar-refractivity contribution >= 4 is 39.9 Å². The molecule has 1 aromatic heterocycles. The van der Waals surface area contributed by atoms with Gasteiger partial charge >= 0.3 is 0 Å². The second-order valence-corrected chi connectivity index (χ2v) is 4.29. The van der Waals surface area contributed by atoms with Crippen molar-refractivity contribution in [1.82, 2.24) is 0 Å². The van der Waals surface area contributed by atoms with Crippen LogP contribution in [0.25, 0.3) is 0 Å². The maximum Gasteiger partial charge on any atom is 0.251 e. The van der Waals surface area contributed by atoms with Crippen molar-refractivity contribution < 1.29 is 9.59 Å². The second-order valence-electron chi connectivity index (χ2n) is 2.51. The molecule has 76 valence electrons. The van der Waals surface area contributed by atoms with Crippen molar-refractivity contribution in [3.05, 3.63) is 17.0 Å². The summed E-state index contributed by atoms with van der Waals surface area (Å²) in [7, 11) is 0. The van der Waals surface area contributed by atoms with Crippen LogP contribution in [-0.2, 0) is 4.79 Å². The Kier molecular flexibility index (Phi) is 3.97. The summed E-state index contributed by atoms with van der Waals surface area (Å²) in [6, 6.07) is 1.60. The lowest BCUT2D eigenvalue weighted by Gasteiger charge is -2.02. The van der Waals surface area contributed by atoms with Gasteiger partial charge in [-0.1, -0.05) is 0 Å². The standard InChI is InChI=1S/C8H10N2O2S2/c1-13-4-6(11)10-8-5(7(9)12)2-3-14-8/h2-3H,4H2,1H3,(H2,9,12)(H,10,11). The van der Waals surface area contributed by atoms with Gasteiger partial charge in [-0.05, 0) is 17.7 Å². The number of amides is 2. The van der Waals surface area contributed by atoms with E-state index in [1.165, 1.54) is 23.1 Å². The van der Waals surface area contributed by atoms with Gasteiger partial charge in [0.25, 0.3) is 5.91 Å². The van der Waals surface area contributed by atoms with Crippen molar-refractivity contribution in [2.75, 3.05) is 17.3 Å². The molecule has 1 rings (SSSR count). The number of nitrogens with one attached hydrogen (secondary N) is 1. The van der Waals surface area contributed by atoms with Gasteiger partial charge in [0.2, 0.25) is 5.91 Å². The molecular formula is C8H10N2O2S2. The maximum atomic E-state index is 11.2. The lowest BCUT2D eigenvalue weighted by molar-refractivity contribution is -0.113. The van der Waals surface area contributed by atoms with E-state index in [9.17, 15) is 9.59 Å². The summed E-state index contributed by atoms with van der Waals surface area (Å²) in [5, 5.41) is 4.87. The molecule has 0 spiro atoms. The monoisotopic (exact) mass is 230 g/mol. The number of primary amides is 1. The number of thiophene rings is 1. The van der Waals surface area contributed by atoms with E-state index in [0.29, 0.717) is 16.3 Å². The Morgan fingerprint density at radius 1 is 1.64 bits per heavy atom. The van der Waals surface area contributed by atoms with E-state index in [-0.39, 0.29) is 5.91 Å². The van der Waals surface area contributed by atoms with Crippen molar-refractivity contribution in [2.45, 2.75) is 0 Å². The molecular weight excluding hydrogens is 220 g/mol. The van der Waals surface area contributed by atoms with Crippen LogP contribution in [0, 0.1) is 0 Å². The zero-order chi connectivity index (χ0) is 10.6. The molecule has 0 unspecified atom stereocenters. The van der Waals surface area contributed by atoms with Gasteiger partial charge in [0, 0.05) is 0 Å². The third-order valence-electron chi connectivity index (χ3n) is 1.46. The minimum Gasteiger partial charge on any atom is -0.366 e. The number of nitrogens with two attached hydrogens (primary N) is 1. The molecule has 0 aromatic carbocycles. The van der Waals surface area contributed by atoms with Crippen LogP contribution < -0.4 is 11.1 Å². The Morgan fingerprint density at radius 3 is 2.93 bits per heavy atom. The minimum atomic E-state index is -0.522. The van der Waals surface area contributed by atoms with Crippen LogP contribution in [0.15, 0.2) is 11.4 Å². The fraction of sp³-hybridized carbons (Fsp3) is 0.250. The van der Waals surface area contributed by atoms with E-state index in [0.717, 1.165) is 0 Å². The summed E-state index contributed by atoms with van der Waals surface area (Å²) in [5.41, 5.74) is 5.49. The molecule has 0 fully saturated rings. The van der Waals surface area contributed by atoms with E-state index in [1.807, 2.05) is 6.26 Å². The predicted molar refractivity (Wildman–Crippen MR) is 59.8 cm³/mol. The van der Waals surface area contributed by atoms with Crippen molar-refractivity contribution in [3.8, 4) is 0 Å². The molecule has 1 aromatic rings. The number of rotatable bonds is 4. The van der Waals surface area contributed by atoms with E-state index >= 15 is 0 Å². The molecule has 2 amide bonds. The first-order valence-electron chi connectivity index (χ1n) is 3.81. The molecule has 4 nitrogen and oxygen atoms in total. The molecule has 0 aliphatic heterocycles. The van der Waals surface area contributed by atoms with Crippen LogP contribution in [-0.4, -0.2) is 23.8 Å². The molecule has 0 radical (unpaired) electrons. The summed E-state index contributed by atoms with van der Waals surface area (Å²) in [6.07, 6.45) is 1.84. The van der Waals surface area contributed by atoms with Crippen LogP contribution in [0.4, 0.5) is 5.00 Å². The van der Waals surface area contributed by atoms with Crippen molar-refractivity contribution in [1.29, 1.82) is 0 Å². The second kappa shape index (κ2) is 5.02. The largest absolute Gasteiger partial charge is 0.366 e. The first-order valence-corrected chi connectivity index (χ1v) is 6.08. The van der Waals surface area contributed by atoms with Gasteiger partial charge < -0.3 is 11.1 Å². The van der Waals surface area contributed by atoms with Crippen LogP contribution in [0.1, 0.15) is 10.4 Å². The van der Waals surface area contributed by atoms with Gasteiger partial charge in [-0.3, -0.25) is 9.59 Å². The molecule has 14 heavy (non-hydrogen) atoms. The Morgan fingerprint density at radius 2 is 2.36 bits per heavy atom. The normalized spacial score (nSPS) is 9.79. The Hall–Kier alpha value is -1.01. The van der Waals surface area contributed by atoms with E-state index < -0.39 is 5.91 Å². The number of hydrogen-bond donors (Lipinski definition) is 2. The lowest BCUT2D eigenvalue weighted by atomic mass is 10.3. The molecule has 1 heterocycles. The summed E-state index contributed by atoms with van der Waals surface area (Å²) in [4.78, 5) is 22.1. The summed E-state index contributed by atoms with van der Waals surface area (Å²) in [6.45, 7) is 0. The molecule has 3 N–H and O–H groups in total. The number of hydrogen-bond acceptors (Lipinski definition) is 4. The average Bonchev–Trinajstić information content (AvgIpc) is 2.52. The fourth-order valence-corrected chi connectivity index (χ4v) is 2.04. The van der Waals surface area contributed by atoms with Gasteiger partial charge in [0.05, 0.1) is 11.3 Å². The smallest absolute Gasteiger partial charge is 0.251 e. The van der Waals surface area contributed by atoms with Gasteiger partial charge in [0.1, 0.15) is 5.00 Å². The summed E-state index contributed by atoms with van der Waals surface area (Å²) >= 11 is 2.71. The Balaban J connectivity index is 2.71. The molecule has 0 aliphatic rings. The highest BCUT2D eigenvalue weighted by atomic mass is 32.2. The Bertz CT molecular complexity index is 349. The SMILES string of the molecule is CSCC(=O)Nc1sccc1C(N)=O. The number of anilines is 1. The predicted octanol–water partition coefficient (Wildman–Crippen LogP) is 1.15. The quantitative estimate of drug-likeness (QED) is 0.815. The summed E-state index contributed by atoms with van der Waals surface area (Å²) < 4.78 is 0. The van der Waals surface area contributed by atoms with Gasteiger partial charge in [0.15, 0.2) is 0 Å². The molecule has 0 aliphatic carbocycles. The fourth-order valence-electron chi connectivity index (χ4n) is 0.894. The van der Waals surface area contributed by atoms with Crippen molar-refractivity contribution in [2.24, 2.45) is 5.73 Å². The van der Waals surface area contributed by atoms with E-state index in [1.54, 1.807) is 11.4 Å². The highest BCUT2D eigenvalue weighted by molar-refractivity contribution is 7.99. The van der Waals surface area contributed by atoms with Gasteiger partial charge in [-0.25, -0.2) is 0 Å². The topological polar surface area (TPSA) is 72.2 Å². The van der Waals surface area contributed by atoms with Crippen LogP contribution in [0.3, 0.4) is 0 Å². The highest BCUT2D eigenvalue weighted by Gasteiger charge is 2.11. The van der Waals surface area contributed by atoms with Crippen LogP contribution in [0.5, 0.6) is 0 Å². The zero-order valence-electron chi connectivity index (χ0n) is 7.57. The number of carbonyl (C=O) groups excluding carboxylic acids is 2. The lowest BCUT2D eigenvalue weighted by Crippen LogP contribution is -2.17. The van der Waals surface area contributed by atoms with Gasteiger partial charge in [-0.15, -0.1) is 11.3 Å². The molecule has 0 atom stereocenters. The molecule has 0 saturated carbocycles. The van der Waals surface area contributed by atoms with Crippen LogP contribution in [0.2, 0.25) is 0 Å². The van der Waals surface area contributed by atoms with E-state index in [2.05, 4.69) is 5.32 Å². The molecule has 6 heteroatoms. The minimum absolute atomic E-state index is 0.123. The summed E-state index contributed by atoms with van der Waals surface area (Å²) in [5.74, 6) is -0.274. The maximum absolute atomic E-state index is 11.2. The third kappa shape index (κ3) is 2.74. The van der Waals surface area contributed by atoms with E-state index in [4.69, 9.17) is 5.73 Å². The molecule has 0 bridgehead atoms. The number of thioether (sulfide) groups is 1. The molecule has 0 saturated heterocycles.